The monoisotopic (exact) mass is 294 g/mol. The number of carbonyl (C=O) groups excluding carboxylic acids is 1. The Morgan fingerprint density at radius 1 is 1.43 bits per heavy atom. The summed E-state index contributed by atoms with van der Waals surface area (Å²) in [5.74, 6) is 0.431. The molecule has 0 aromatic carbocycles. The highest BCUT2D eigenvalue weighted by Crippen LogP contribution is 2.22. The van der Waals surface area contributed by atoms with E-state index in [4.69, 9.17) is 5.73 Å². The van der Waals surface area contributed by atoms with E-state index in [-0.39, 0.29) is 24.1 Å². The third kappa shape index (κ3) is 3.24. The molecule has 7 heteroatoms. The topological polar surface area (TPSA) is 90.3 Å². The van der Waals surface area contributed by atoms with Gasteiger partial charge in [0.05, 0.1) is 0 Å². The van der Waals surface area contributed by atoms with Crippen LogP contribution in [0.15, 0.2) is 21.9 Å². The highest BCUT2D eigenvalue weighted by atomic mass is 16.2. The van der Waals surface area contributed by atoms with Gasteiger partial charge in [0.25, 0.3) is 5.56 Å². The zero-order valence-corrected chi connectivity index (χ0v) is 12.5. The maximum absolute atomic E-state index is 12.4. The quantitative estimate of drug-likeness (QED) is 0.785. The molecular formula is C14H22N4O3. The van der Waals surface area contributed by atoms with Gasteiger partial charge in [0.1, 0.15) is 6.54 Å². The molecule has 0 bridgehead atoms. The number of nitrogens with two attached hydrogens (primary N) is 1. The number of piperidine rings is 1. The van der Waals surface area contributed by atoms with Crippen molar-refractivity contribution in [3.05, 3.63) is 33.1 Å². The molecule has 2 heterocycles. The Labute approximate surface area is 123 Å². The minimum absolute atomic E-state index is 0.0319. The molecule has 1 aromatic rings. The van der Waals surface area contributed by atoms with Crippen molar-refractivity contribution in [1.29, 1.82) is 0 Å². The molecule has 21 heavy (non-hydrogen) atoms. The van der Waals surface area contributed by atoms with Gasteiger partial charge in [-0.1, -0.05) is 6.92 Å². The van der Waals surface area contributed by atoms with Gasteiger partial charge in [0.15, 0.2) is 0 Å². The SMILES string of the molecule is CC1CCN(C(=O)Cn2ccc(=O)n(C)c2=O)C(CN)C1. The van der Waals surface area contributed by atoms with E-state index in [0.29, 0.717) is 19.0 Å². The summed E-state index contributed by atoms with van der Waals surface area (Å²) in [6, 6.07) is 1.32. The van der Waals surface area contributed by atoms with Crippen molar-refractivity contribution < 1.29 is 4.79 Å². The van der Waals surface area contributed by atoms with E-state index >= 15 is 0 Å². The van der Waals surface area contributed by atoms with Crippen LogP contribution >= 0.6 is 0 Å². The molecule has 2 unspecified atom stereocenters. The second kappa shape index (κ2) is 6.26. The first-order chi connectivity index (χ1) is 9.93. The molecule has 0 saturated carbocycles. The fourth-order valence-corrected chi connectivity index (χ4v) is 2.78. The van der Waals surface area contributed by atoms with Gasteiger partial charge in [-0.3, -0.25) is 18.7 Å². The summed E-state index contributed by atoms with van der Waals surface area (Å²) in [6.45, 7) is 3.19. The van der Waals surface area contributed by atoms with Gasteiger partial charge in [-0.2, -0.15) is 0 Å². The van der Waals surface area contributed by atoms with Crippen molar-refractivity contribution in [3.8, 4) is 0 Å². The van der Waals surface area contributed by atoms with Gasteiger partial charge in [0, 0.05) is 38.4 Å². The van der Waals surface area contributed by atoms with E-state index in [1.807, 2.05) is 0 Å². The Hall–Kier alpha value is -1.89. The first-order valence-corrected chi connectivity index (χ1v) is 7.20. The van der Waals surface area contributed by atoms with Crippen LogP contribution < -0.4 is 17.0 Å². The van der Waals surface area contributed by atoms with Crippen LogP contribution in [-0.2, 0) is 18.4 Å². The molecule has 2 rings (SSSR count). The van der Waals surface area contributed by atoms with E-state index < -0.39 is 5.69 Å². The van der Waals surface area contributed by atoms with Gasteiger partial charge in [-0.25, -0.2) is 4.79 Å². The summed E-state index contributed by atoms with van der Waals surface area (Å²) in [6.07, 6.45) is 3.21. The molecule has 1 fully saturated rings. The van der Waals surface area contributed by atoms with Gasteiger partial charge in [0.2, 0.25) is 5.91 Å². The van der Waals surface area contributed by atoms with Crippen molar-refractivity contribution in [3.63, 3.8) is 0 Å². The van der Waals surface area contributed by atoms with E-state index in [9.17, 15) is 14.4 Å². The molecule has 2 atom stereocenters. The number of rotatable bonds is 3. The molecule has 1 aliphatic heterocycles. The lowest BCUT2D eigenvalue weighted by atomic mass is 9.92. The molecular weight excluding hydrogens is 272 g/mol. The van der Waals surface area contributed by atoms with Crippen LogP contribution in [0.25, 0.3) is 0 Å². The van der Waals surface area contributed by atoms with Gasteiger partial charge in [-0.05, 0) is 18.8 Å². The van der Waals surface area contributed by atoms with Gasteiger partial charge in [-0.15, -0.1) is 0 Å². The average Bonchev–Trinajstić information content (AvgIpc) is 2.47. The number of hydrogen-bond acceptors (Lipinski definition) is 4. The van der Waals surface area contributed by atoms with Crippen molar-refractivity contribution in [2.24, 2.45) is 18.7 Å². The summed E-state index contributed by atoms with van der Waals surface area (Å²) < 4.78 is 2.25. The van der Waals surface area contributed by atoms with Crippen molar-refractivity contribution in [2.75, 3.05) is 13.1 Å². The first-order valence-electron chi connectivity index (χ1n) is 7.20. The first kappa shape index (κ1) is 15.5. The van der Waals surface area contributed by atoms with Gasteiger partial charge >= 0.3 is 5.69 Å². The summed E-state index contributed by atoms with van der Waals surface area (Å²) in [4.78, 5) is 37.5. The largest absolute Gasteiger partial charge is 0.337 e. The lowest BCUT2D eigenvalue weighted by Gasteiger charge is -2.38. The normalized spacial score (nSPS) is 22.3. The van der Waals surface area contributed by atoms with E-state index in [1.165, 1.54) is 23.9 Å². The zero-order chi connectivity index (χ0) is 15.6. The minimum atomic E-state index is -0.481. The van der Waals surface area contributed by atoms with Crippen LogP contribution in [0.1, 0.15) is 19.8 Å². The van der Waals surface area contributed by atoms with Crippen molar-refractivity contribution >= 4 is 5.91 Å². The molecule has 116 valence electrons. The fourth-order valence-electron chi connectivity index (χ4n) is 2.78. The standard InChI is InChI=1S/C14H22N4O3/c1-10-3-6-18(11(7-10)8-15)13(20)9-17-5-4-12(19)16(2)14(17)21/h4-5,10-11H,3,6-9,15H2,1-2H3. The molecule has 2 N–H and O–H groups in total. The predicted molar refractivity (Wildman–Crippen MR) is 78.9 cm³/mol. The lowest BCUT2D eigenvalue weighted by Crippen LogP contribution is -2.51. The molecule has 0 radical (unpaired) electrons. The molecule has 7 nitrogen and oxygen atoms in total. The minimum Gasteiger partial charge on any atom is -0.337 e. The highest BCUT2D eigenvalue weighted by molar-refractivity contribution is 5.76. The molecule has 1 saturated heterocycles. The van der Waals surface area contributed by atoms with Crippen LogP contribution in [0.2, 0.25) is 0 Å². The zero-order valence-electron chi connectivity index (χ0n) is 12.5. The number of nitrogens with zero attached hydrogens (tertiary/aromatic N) is 3. The predicted octanol–water partition coefficient (Wildman–Crippen LogP) is -0.867. The number of amides is 1. The second-order valence-corrected chi connectivity index (χ2v) is 5.73. The van der Waals surface area contributed by atoms with Crippen LogP contribution in [0.3, 0.4) is 0 Å². The Morgan fingerprint density at radius 2 is 2.14 bits per heavy atom. The van der Waals surface area contributed by atoms with E-state index in [2.05, 4.69) is 6.92 Å². The molecule has 0 spiro atoms. The Balaban J connectivity index is 2.16. The number of hydrogen-bond donors (Lipinski definition) is 1. The van der Waals surface area contributed by atoms with E-state index in [0.717, 1.165) is 17.4 Å². The average molecular weight is 294 g/mol. The number of likely N-dealkylation sites (tertiary alicyclic amines) is 1. The van der Waals surface area contributed by atoms with Gasteiger partial charge < -0.3 is 10.6 Å². The number of aromatic nitrogens is 2. The summed E-state index contributed by atoms with van der Waals surface area (Å²) >= 11 is 0. The highest BCUT2D eigenvalue weighted by Gasteiger charge is 2.29. The van der Waals surface area contributed by atoms with Crippen molar-refractivity contribution in [1.82, 2.24) is 14.0 Å². The third-order valence-corrected chi connectivity index (χ3v) is 4.14. The van der Waals surface area contributed by atoms with Crippen LogP contribution in [0.4, 0.5) is 0 Å². The number of carbonyl (C=O) groups is 1. The molecule has 0 aliphatic carbocycles. The Kier molecular flexibility index (Phi) is 4.62. The lowest BCUT2D eigenvalue weighted by molar-refractivity contribution is -0.136. The van der Waals surface area contributed by atoms with Crippen LogP contribution in [0, 0.1) is 5.92 Å². The molecule has 1 aromatic heterocycles. The van der Waals surface area contributed by atoms with E-state index in [1.54, 1.807) is 4.90 Å². The Morgan fingerprint density at radius 3 is 2.81 bits per heavy atom. The second-order valence-electron chi connectivity index (χ2n) is 5.73. The third-order valence-electron chi connectivity index (χ3n) is 4.14. The summed E-state index contributed by atoms with van der Waals surface area (Å²) in [5.41, 5.74) is 4.89. The maximum atomic E-state index is 12.4. The van der Waals surface area contributed by atoms with Crippen LogP contribution in [0.5, 0.6) is 0 Å². The maximum Gasteiger partial charge on any atom is 0.331 e. The smallest absolute Gasteiger partial charge is 0.331 e. The van der Waals surface area contributed by atoms with Crippen molar-refractivity contribution in [2.45, 2.75) is 32.4 Å². The fraction of sp³-hybridized carbons (Fsp3) is 0.643. The molecule has 1 amide bonds. The Bertz CT molecular complexity index is 634. The van der Waals surface area contributed by atoms with Crippen LogP contribution in [-0.4, -0.2) is 39.1 Å². The summed E-state index contributed by atoms with van der Waals surface area (Å²) in [5, 5.41) is 0. The summed E-state index contributed by atoms with van der Waals surface area (Å²) in [7, 11) is 1.40. The molecule has 1 aliphatic rings.